The lowest BCUT2D eigenvalue weighted by atomic mass is 10.1. The van der Waals surface area contributed by atoms with Gasteiger partial charge in [-0.25, -0.2) is 9.18 Å². The quantitative estimate of drug-likeness (QED) is 0.391. The molecule has 3 aromatic carbocycles. The zero-order valence-electron chi connectivity index (χ0n) is 20.2. The van der Waals surface area contributed by atoms with Crippen molar-refractivity contribution in [3.05, 3.63) is 89.2 Å². The predicted octanol–water partition coefficient (Wildman–Crippen LogP) is 4.42. The summed E-state index contributed by atoms with van der Waals surface area (Å²) < 4.78 is 19.7. The van der Waals surface area contributed by atoms with Crippen LogP contribution in [-0.2, 0) is 17.9 Å². The van der Waals surface area contributed by atoms with Crippen LogP contribution in [0.4, 0.5) is 14.9 Å². The van der Waals surface area contributed by atoms with Crippen LogP contribution in [0, 0.1) is 5.82 Å². The highest BCUT2D eigenvalue weighted by Gasteiger charge is 2.26. The maximum absolute atomic E-state index is 13.9. The van der Waals surface area contributed by atoms with Crippen LogP contribution in [0.2, 0.25) is 0 Å². The predicted molar refractivity (Wildman–Crippen MR) is 137 cm³/mol. The van der Waals surface area contributed by atoms with Crippen molar-refractivity contribution in [2.45, 2.75) is 19.5 Å². The smallest absolute Gasteiger partial charge is 0.328 e. The number of hydrogen-bond acceptors (Lipinski definition) is 5. The van der Waals surface area contributed by atoms with Crippen molar-refractivity contribution in [1.82, 2.24) is 10.2 Å². The second-order valence-corrected chi connectivity index (χ2v) is 9.10. The number of urea groups is 1. The number of nitrogens with zero attached hydrogens (tertiary/aromatic N) is 2. The number of imide groups is 1. The fraction of sp³-hybridized carbons (Fsp3) is 0.179. The average molecular weight is 501 g/mol. The van der Waals surface area contributed by atoms with Crippen molar-refractivity contribution in [3.8, 4) is 11.3 Å². The molecule has 2 heterocycles. The van der Waals surface area contributed by atoms with E-state index in [2.05, 4.69) is 10.2 Å². The average Bonchev–Trinajstić information content (AvgIpc) is 3.28. The molecule has 0 unspecified atom stereocenters. The lowest BCUT2D eigenvalue weighted by Gasteiger charge is -2.29. The Balaban J connectivity index is 1.30. The first-order valence-corrected chi connectivity index (χ1v) is 11.8. The Labute approximate surface area is 212 Å². The molecule has 8 nitrogen and oxygen atoms in total. The summed E-state index contributed by atoms with van der Waals surface area (Å²) in [5.41, 5.74) is 9.25. The van der Waals surface area contributed by atoms with Crippen LogP contribution in [0.1, 0.15) is 27.9 Å². The van der Waals surface area contributed by atoms with Crippen molar-refractivity contribution >= 4 is 34.5 Å². The van der Waals surface area contributed by atoms with Crippen molar-refractivity contribution in [1.29, 1.82) is 0 Å². The van der Waals surface area contributed by atoms with Crippen LogP contribution >= 0.6 is 0 Å². The number of carbonyl (C=O) groups excluding carboxylic acids is 3. The maximum Gasteiger partial charge on any atom is 0.328 e. The Kier molecular flexibility index (Phi) is 6.45. The molecule has 1 aliphatic rings. The van der Waals surface area contributed by atoms with E-state index in [9.17, 15) is 18.8 Å². The number of amides is 4. The Morgan fingerprint density at radius 3 is 2.57 bits per heavy atom. The number of anilines is 1. The molecule has 0 radical (unpaired) electrons. The molecule has 1 saturated heterocycles. The molecule has 4 aromatic rings. The SMILES string of the molecule is CN(Cc1ccc(-c2cc3cc(F)cc(C(N)=O)c3o2)cc1)Cc1ccccc1N1CCC(=O)NC1=O. The van der Waals surface area contributed by atoms with Gasteiger partial charge in [-0.2, -0.15) is 0 Å². The van der Waals surface area contributed by atoms with Gasteiger partial charge >= 0.3 is 6.03 Å². The van der Waals surface area contributed by atoms with Crippen LogP contribution in [0.15, 0.2) is 71.1 Å². The third-order valence-corrected chi connectivity index (χ3v) is 6.31. The number of nitrogens with two attached hydrogens (primary N) is 1. The molecule has 1 aromatic heterocycles. The Bertz CT molecular complexity index is 1510. The lowest BCUT2D eigenvalue weighted by Crippen LogP contribution is -2.50. The van der Waals surface area contributed by atoms with Gasteiger partial charge in [0.1, 0.15) is 17.2 Å². The highest BCUT2D eigenvalue weighted by molar-refractivity contribution is 6.06. The number of furan rings is 1. The van der Waals surface area contributed by atoms with Gasteiger partial charge in [0, 0.05) is 42.7 Å². The molecule has 0 saturated carbocycles. The van der Waals surface area contributed by atoms with Gasteiger partial charge in [0.15, 0.2) is 0 Å². The van der Waals surface area contributed by atoms with Gasteiger partial charge in [0.05, 0.1) is 5.56 Å². The number of benzene rings is 3. The van der Waals surface area contributed by atoms with Gasteiger partial charge in [-0.05, 0) is 42.4 Å². The molecule has 9 heteroatoms. The van der Waals surface area contributed by atoms with E-state index < -0.39 is 17.8 Å². The topological polar surface area (TPSA) is 109 Å². The van der Waals surface area contributed by atoms with E-state index in [-0.39, 0.29) is 23.5 Å². The van der Waals surface area contributed by atoms with Crippen LogP contribution in [-0.4, -0.2) is 36.3 Å². The summed E-state index contributed by atoms with van der Waals surface area (Å²) in [7, 11) is 1.99. The van der Waals surface area contributed by atoms with E-state index in [1.54, 1.807) is 11.0 Å². The van der Waals surface area contributed by atoms with Crippen LogP contribution < -0.4 is 16.0 Å². The van der Waals surface area contributed by atoms with Gasteiger partial charge in [0.25, 0.3) is 5.91 Å². The first-order chi connectivity index (χ1) is 17.8. The van der Waals surface area contributed by atoms with Crippen LogP contribution in [0.25, 0.3) is 22.3 Å². The van der Waals surface area contributed by atoms with E-state index in [4.69, 9.17) is 10.2 Å². The van der Waals surface area contributed by atoms with Crippen LogP contribution in [0.5, 0.6) is 0 Å². The van der Waals surface area contributed by atoms with Gasteiger partial charge in [-0.1, -0.05) is 42.5 Å². The number of halogens is 1. The molecule has 0 atom stereocenters. The lowest BCUT2D eigenvalue weighted by molar-refractivity contribution is -0.120. The number of carbonyl (C=O) groups is 3. The molecule has 37 heavy (non-hydrogen) atoms. The Hall–Kier alpha value is -4.50. The van der Waals surface area contributed by atoms with Crippen molar-refractivity contribution in [2.75, 3.05) is 18.5 Å². The summed E-state index contributed by atoms with van der Waals surface area (Å²) in [4.78, 5) is 39.3. The van der Waals surface area contributed by atoms with Crippen molar-refractivity contribution < 1.29 is 23.2 Å². The zero-order valence-corrected chi connectivity index (χ0v) is 20.2. The Morgan fingerprint density at radius 1 is 1.08 bits per heavy atom. The normalized spacial score (nSPS) is 13.9. The molecular weight excluding hydrogens is 475 g/mol. The van der Waals surface area contributed by atoms with Gasteiger partial charge in [-0.15, -0.1) is 0 Å². The van der Waals surface area contributed by atoms with Crippen molar-refractivity contribution in [3.63, 3.8) is 0 Å². The third-order valence-electron chi connectivity index (χ3n) is 6.31. The number of nitrogens with one attached hydrogen (secondary N) is 1. The first kappa shape index (κ1) is 24.2. The molecule has 0 bridgehead atoms. The Morgan fingerprint density at radius 2 is 1.84 bits per heavy atom. The largest absolute Gasteiger partial charge is 0.455 e. The van der Waals surface area contributed by atoms with Gasteiger partial charge in [-0.3, -0.25) is 24.7 Å². The summed E-state index contributed by atoms with van der Waals surface area (Å²) in [5.74, 6) is -1.06. The van der Waals surface area contributed by atoms with E-state index in [1.807, 2.05) is 55.6 Å². The fourth-order valence-corrected chi connectivity index (χ4v) is 4.58. The summed E-state index contributed by atoms with van der Waals surface area (Å²) in [6, 6.07) is 19.1. The standard InChI is InChI=1S/C28H25FN4O4/c1-32(16-19-4-2-3-5-23(19)33-11-10-25(34)31-28(33)36)15-17-6-8-18(9-7-17)24-13-20-12-21(29)14-22(27(30)35)26(20)37-24/h2-9,12-14H,10-11,15-16H2,1H3,(H2,30,35)(H,31,34,36). The fourth-order valence-electron chi connectivity index (χ4n) is 4.58. The monoisotopic (exact) mass is 500 g/mol. The summed E-state index contributed by atoms with van der Waals surface area (Å²) in [5, 5.41) is 2.84. The zero-order chi connectivity index (χ0) is 26.1. The minimum atomic E-state index is -0.750. The molecule has 3 N–H and O–H groups in total. The van der Waals surface area contributed by atoms with Crippen molar-refractivity contribution in [2.24, 2.45) is 5.73 Å². The highest BCUT2D eigenvalue weighted by atomic mass is 19.1. The minimum Gasteiger partial charge on any atom is -0.455 e. The van der Waals surface area contributed by atoms with E-state index in [0.717, 1.165) is 28.4 Å². The van der Waals surface area contributed by atoms with E-state index in [0.29, 0.717) is 30.8 Å². The second-order valence-electron chi connectivity index (χ2n) is 9.10. The second kappa shape index (κ2) is 9.87. The number of primary amides is 1. The summed E-state index contributed by atoms with van der Waals surface area (Å²) in [6.07, 6.45) is 0.270. The molecular formula is C28H25FN4O4. The first-order valence-electron chi connectivity index (χ1n) is 11.8. The molecule has 0 spiro atoms. The minimum absolute atomic E-state index is 0.00779. The third kappa shape index (κ3) is 5.07. The molecule has 0 aliphatic carbocycles. The number of rotatable bonds is 7. The van der Waals surface area contributed by atoms with Gasteiger partial charge < -0.3 is 10.2 Å². The van der Waals surface area contributed by atoms with Gasteiger partial charge in [0.2, 0.25) is 5.91 Å². The van der Waals surface area contributed by atoms with Crippen LogP contribution in [0.3, 0.4) is 0 Å². The molecule has 1 fully saturated rings. The maximum atomic E-state index is 13.9. The molecule has 1 aliphatic heterocycles. The van der Waals surface area contributed by atoms with E-state index in [1.165, 1.54) is 6.07 Å². The number of fused-ring (bicyclic) bond motifs is 1. The summed E-state index contributed by atoms with van der Waals surface area (Å²) >= 11 is 0. The molecule has 5 rings (SSSR count). The molecule has 4 amide bonds. The molecule has 188 valence electrons. The summed E-state index contributed by atoms with van der Waals surface area (Å²) in [6.45, 7) is 1.60. The van der Waals surface area contributed by atoms with E-state index >= 15 is 0 Å². The highest BCUT2D eigenvalue weighted by Crippen LogP contribution is 2.31. The number of hydrogen-bond donors (Lipinski definition) is 2. The number of para-hydroxylation sites is 1.